The van der Waals surface area contributed by atoms with E-state index in [0.29, 0.717) is 25.2 Å². The zero-order chi connectivity index (χ0) is 31.0. The van der Waals surface area contributed by atoms with Gasteiger partial charge in [0.15, 0.2) is 5.54 Å². The maximum absolute atomic E-state index is 14.3. The summed E-state index contributed by atoms with van der Waals surface area (Å²) in [6.45, 7) is 3.15. The number of methoxy groups -OCH3 is 1. The maximum atomic E-state index is 14.3. The highest BCUT2D eigenvalue weighted by molar-refractivity contribution is 5.92. The van der Waals surface area contributed by atoms with Crippen LogP contribution in [0.3, 0.4) is 0 Å². The molecule has 3 aromatic rings. The number of alkyl halides is 6. The summed E-state index contributed by atoms with van der Waals surface area (Å²) in [6.07, 6.45) is -8.46. The fourth-order valence-corrected chi connectivity index (χ4v) is 6.52. The number of hydrogen-bond donors (Lipinski definition) is 1. The van der Waals surface area contributed by atoms with Crippen LogP contribution in [0.1, 0.15) is 40.3 Å². The van der Waals surface area contributed by atoms with Gasteiger partial charge in [0.25, 0.3) is 0 Å². The van der Waals surface area contributed by atoms with Crippen LogP contribution >= 0.6 is 0 Å². The second-order valence-electron chi connectivity index (χ2n) is 10.9. The molecule has 0 bridgehead atoms. The number of para-hydroxylation sites is 1. The molecule has 0 saturated carbocycles. The van der Waals surface area contributed by atoms with Gasteiger partial charge in [0.2, 0.25) is 5.91 Å². The van der Waals surface area contributed by atoms with Crippen molar-refractivity contribution >= 4 is 5.91 Å². The predicted octanol–water partition coefficient (Wildman–Crippen LogP) is 5.90. The number of nitrogens with one attached hydrogen (secondary N) is 1. The summed E-state index contributed by atoms with van der Waals surface area (Å²) in [5.41, 5.74) is -2.74. The molecule has 2 aliphatic rings. The van der Waals surface area contributed by atoms with Gasteiger partial charge in [-0.15, -0.1) is 0 Å². The summed E-state index contributed by atoms with van der Waals surface area (Å²) in [4.78, 5) is 18.2. The highest BCUT2D eigenvalue weighted by atomic mass is 19.4. The van der Waals surface area contributed by atoms with Crippen LogP contribution in [0, 0.1) is 0 Å². The van der Waals surface area contributed by atoms with Crippen molar-refractivity contribution in [3.05, 3.63) is 100 Å². The van der Waals surface area contributed by atoms with Gasteiger partial charge >= 0.3 is 12.4 Å². The fourth-order valence-electron chi connectivity index (χ4n) is 6.52. The molecule has 3 aromatic carbocycles. The van der Waals surface area contributed by atoms with Crippen molar-refractivity contribution in [3.63, 3.8) is 0 Å². The second kappa shape index (κ2) is 11.8. The molecule has 5 nitrogen and oxygen atoms in total. The number of halogens is 6. The molecule has 230 valence electrons. The van der Waals surface area contributed by atoms with Crippen molar-refractivity contribution < 1.29 is 35.9 Å². The van der Waals surface area contributed by atoms with Crippen LogP contribution in [-0.2, 0) is 35.5 Å². The van der Waals surface area contributed by atoms with E-state index in [9.17, 15) is 31.1 Å². The van der Waals surface area contributed by atoms with Crippen LogP contribution in [0.4, 0.5) is 26.3 Å². The van der Waals surface area contributed by atoms with Crippen LogP contribution in [0.5, 0.6) is 5.75 Å². The van der Waals surface area contributed by atoms with Crippen molar-refractivity contribution in [3.8, 4) is 5.75 Å². The van der Waals surface area contributed by atoms with Crippen LogP contribution in [0.15, 0.2) is 66.7 Å². The summed E-state index contributed by atoms with van der Waals surface area (Å²) in [6, 6.07) is 16.1. The minimum atomic E-state index is -5.08. The molecular weight excluding hydrogens is 572 g/mol. The van der Waals surface area contributed by atoms with Crippen molar-refractivity contribution in [2.45, 2.75) is 43.7 Å². The molecule has 0 aromatic heterocycles. The summed E-state index contributed by atoms with van der Waals surface area (Å²) in [5.74, 6) is -0.554. The summed E-state index contributed by atoms with van der Waals surface area (Å²) in [7, 11) is 1.35. The average Bonchev–Trinajstić information content (AvgIpc) is 3.42. The molecule has 1 aliphatic heterocycles. The Labute approximate surface area is 246 Å². The zero-order valence-corrected chi connectivity index (χ0v) is 23.9. The lowest BCUT2D eigenvalue weighted by Crippen LogP contribution is -2.63. The molecule has 0 spiro atoms. The van der Waals surface area contributed by atoms with Gasteiger partial charge in [0.05, 0.1) is 18.2 Å². The number of rotatable bonds is 7. The number of amides is 1. The maximum Gasteiger partial charge on any atom is 0.416 e. The van der Waals surface area contributed by atoms with E-state index in [0.717, 1.165) is 12.8 Å². The lowest BCUT2D eigenvalue weighted by molar-refractivity contribution is -0.144. The minimum Gasteiger partial charge on any atom is -0.496 e. The van der Waals surface area contributed by atoms with Crippen LogP contribution < -0.4 is 10.1 Å². The van der Waals surface area contributed by atoms with E-state index >= 15 is 0 Å². The number of carbonyl (C=O) groups is 1. The molecule has 1 heterocycles. The number of benzene rings is 3. The Kier molecular flexibility index (Phi) is 8.50. The Hall–Kier alpha value is -3.57. The number of likely N-dealkylation sites (N-methyl/N-ethyl adjacent to an activating group) is 1. The van der Waals surface area contributed by atoms with Crippen molar-refractivity contribution in [2.24, 2.45) is 0 Å². The number of carbonyl (C=O) groups excluding carboxylic acids is 1. The van der Waals surface area contributed by atoms with E-state index in [1.807, 2.05) is 12.1 Å². The summed E-state index contributed by atoms with van der Waals surface area (Å²) >= 11 is 0. The van der Waals surface area contributed by atoms with Gasteiger partial charge in [-0.2, -0.15) is 26.3 Å². The van der Waals surface area contributed by atoms with Gasteiger partial charge in [-0.3, -0.25) is 14.6 Å². The minimum absolute atomic E-state index is 0.0872. The molecule has 1 unspecified atom stereocenters. The van der Waals surface area contributed by atoms with Gasteiger partial charge < -0.3 is 10.1 Å². The average molecular weight is 606 g/mol. The summed E-state index contributed by atoms with van der Waals surface area (Å²) < 4.78 is 90.1. The third-order valence-electron chi connectivity index (χ3n) is 8.50. The topological polar surface area (TPSA) is 44.8 Å². The van der Waals surface area contributed by atoms with E-state index in [2.05, 4.69) is 22.3 Å². The molecule has 1 aliphatic carbocycles. The first kappa shape index (κ1) is 30.9. The van der Waals surface area contributed by atoms with Gasteiger partial charge in [-0.1, -0.05) is 42.5 Å². The van der Waals surface area contributed by atoms with Crippen molar-refractivity contribution in [1.82, 2.24) is 15.1 Å². The monoisotopic (exact) mass is 605 g/mol. The normalized spacial score (nSPS) is 18.2. The Balaban J connectivity index is 1.65. The standard InChI is InChI=1S/C32H33F6N3O2/c1-3-39-29(42)30(27-10-6-7-11-28(27)43-2,23-18-24(31(33,34)35)20-25(19-23)32(36,37)38)41-14-12-40(13-15-41)26-16-21-8-4-5-9-22(21)17-26/h4-11,18-20,26H,3,12-17H2,1-2H3,(H,39,42). The predicted molar refractivity (Wildman–Crippen MR) is 150 cm³/mol. The third kappa shape index (κ3) is 5.84. The summed E-state index contributed by atoms with van der Waals surface area (Å²) in [5, 5.41) is 2.71. The van der Waals surface area contributed by atoms with Gasteiger partial charge in [-0.25, -0.2) is 0 Å². The molecule has 11 heteroatoms. The highest BCUT2D eigenvalue weighted by Gasteiger charge is 2.52. The number of piperazine rings is 1. The van der Waals surface area contributed by atoms with Crippen molar-refractivity contribution in [2.75, 3.05) is 39.8 Å². The van der Waals surface area contributed by atoms with Gasteiger partial charge in [0, 0.05) is 44.3 Å². The van der Waals surface area contributed by atoms with E-state index in [-0.39, 0.29) is 43.1 Å². The lowest BCUT2D eigenvalue weighted by atomic mass is 9.77. The van der Waals surface area contributed by atoms with Crippen molar-refractivity contribution in [1.29, 1.82) is 0 Å². The van der Waals surface area contributed by atoms with E-state index in [4.69, 9.17) is 4.74 Å². The first-order valence-electron chi connectivity index (χ1n) is 14.2. The Bertz CT molecular complexity index is 1410. The number of nitrogens with zero attached hydrogens (tertiary/aromatic N) is 2. The number of ether oxygens (including phenoxy) is 1. The molecule has 43 heavy (non-hydrogen) atoms. The molecule has 1 fully saturated rings. The molecule has 5 rings (SSSR count). The molecule has 1 saturated heterocycles. The smallest absolute Gasteiger partial charge is 0.416 e. The fraction of sp³-hybridized carbons (Fsp3) is 0.406. The van der Waals surface area contributed by atoms with Gasteiger partial charge in [-0.05, 0) is 60.7 Å². The Morgan fingerprint density at radius 2 is 1.33 bits per heavy atom. The zero-order valence-electron chi connectivity index (χ0n) is 23.9. The SMILES string of the molecule is CCNC(=O)C(c1cc(C(F)(F)F)cc(C(F)(F)F)c1)(c1ccccc1OC)N1CCN(C2Cc3ccccc3C2)CC1. The quantitative estimate of drug-likeness (QED) is 0.341. The van der Waals surface area contributed by atoms with Gasteiger partial charge in [0.1, 0.15) is 5.75 Å². The lowest BCUT2D eigenvalue weighted by Gasteiger charge is -2.48. The van der Waals surface area contributed by atoms with E-state index < -0.39 is 40.5 Å². The Morgan fingerprint density at radius 1 is 0.814 bits per heavy atom. The van der Waals surface area contributed by atoms with E-state index in [1.54, 1.807) is 30.0 Å². The second-order valence-corrected chi connectivity index (χ2v) is 10.9. The highest BCUT2D eigenvalue weighted by Crippen LogP contribution is 2.46. The Morgan fingerprint density at radius 3 is 1.84 bits per heavy atom. The number of hydrogen-bond acceptors (Lipinski definition) is 4. The van der Waals surface area contributed by atoms with Crippen LogP contribution in [0.2, 0.25) is 0 Å². The number of fused-ring (bicyclic) bond motifs is 1. The largest absolute Gasteiger partial charge is 0.496 e. The third-order valence-corrected chi connectivity index (χ3v) is 8.50. The molecule has 1 amide bonds. The van der Waals surface area contributed by atoms with Crippen LogP contribution in [0.25, 0.3) is 0 Å². The molecule has 1 N–H and O–H groups in total. The molecular formula is C32H33F6N3O2. The molecule has 1 atom stereocenters. The first-order chi connectivity index (χ1) is 20.4. The van der Waals surface area contributed by atoms with Crippen LogP contribution in [-0.4, -0.2) is 61.6 Å². The van der Waals surface area contributed by atoms with E-state index in [1.165, 1.54) is 24.3 Å². The molecule has 0 radical (unpaired) electrons. The first-order valence-corrected chi connectivity index (χ1v) is 14.2.